The quantitative estimate of drug-likeness (QED) is 0.0595. The zero-order valence-electron chi connectivity index (χ0n) is 30.2. The van der Waals surface area contributed by atoms with Crippen LogP contribution in [0.2, 0.25) is 0 Å². The van der Waals surface area contributed by atoms with E-state index in [4.69, 9.17) is 14.2 Å². The van der Waals surface area contributed by atoms with Crippen LogP contribution in [-0.2, 0) is 14.4 Å². The Bertz CT molecular complexity index is 2500. The number of carbonyl (C=O) groups excluding carboxylic acids is 1. The first kappa shape index (κ1) is 36.0. The Labute approximate surface area is 297 Å². The number of ketones is 1. The van der Waals surface area contributed by atoms with Gasteiger partial charge in [-0.3, -0.25) is 14.4 Å². The van der Waals surface area contributed by atoms with Gasteiger partial charge in [-0.15, -0.1) is 0 Å². The Morgan fingerprint density at radius 1 is 0.731 bits per heavy atom. The van der Waals surface area contributed by atoms with E-state index in [9.17, 15) is 39.3 Å². The second kappa shape index (κ2) is 12.7. The normalized spacial score (nSPS) is 15.4. The average molecular weight is 713 g/mol. The number of fused-ring (bicyclic) bond motifs is 1. The highest BCUT2D eigenvalue weighted by molar-refractivity contribution is 6.40. The van der Waals surface area contributed by atoms with Crippen molar-refractivity contribution >= 4 is 78.3 Å². The van der Waals surface area contributed by atoms with Gasteiger partial charge in [-0.05, 0) is 31.1 Å². The lowest BCUT2D eigenvalue weighted by atomic mass is 9.80. The molecule has 0 saturated carbocycles. The molecule has 5 N–H and O–H groups in total. The summed E-state index contributed by atoms with van der Waals surface area (Å²) in [4.78, 5) is 67.5. The van der Waals surface area contributed by atoms with E-state index in [0.29, 0.717) is 27.1 Å². The maximum Gasteiger partial charge on any atom is 0.326 e. The Kier molecular flexibility index (Phi) is 8.80. The van der Waals surface area contributed by atoms with E-state index in [0.717, 1.165) is 0 Å². The van der Waals surface area contributed by atoms with Gasteiger partial charge < -0.3 is 40.2 Å². The summed E-state index contributed by atoms with van der Waals surface area (Å²) in [5.41, 5.74) is -0.263. The first-order chi connectivity index (χ1) is 24.5. The predicted molar refractivity (Wildman–Crippen MR) is 200 cm³/mol. The van der Waals surface area contributed by atoms with Crippen LogP contribution in [-0.4, -0.2) is 66.5 Å². The topological polar surface area (TPSA) is 198 Å². The number of carboxylic acid groups (broad SMARTS) is 2. The van der Waals surface area contributed by atoms with Crippen LogP contribution in [0.5, 0.6) is 23.0 Å². The van der Waals surface area contributed by atoms with Gasteiger partial charge in [-0.2, -0.15) is 0 Å². The minimum atomic E-state index is -1.21. The molecule has 0 radical (unpaired) electrons. The molecular formula is C39H40N2O11. The molecule has 0 aromatic heterocycles. The third-order valence-electron chi connectivity index (χ3n) is 10.1. The molecule has 6 rings (SSSR count). The molecule has 0 bridgehead atoms. The number of methoxy groups -OCH3 is 3. The van der Waals surface area contributed by atoms with E-state index < -0.39 is 58.4 Å². The van der Waals surface area contributed by atoms with Gasteiger partial charge in [0.15, 0.2) is 16.9 Å². The van der Waals surface area contributed by atoms with E-state index in [1.807, 2.05) is 0 Å². The van der Waals surface area contributed by atoms with Crippen LogP contribution in [0.25, 0.3) is 49.2 Å². The van der Waals surface area contributed by atoms with Crippen LogP contribution in [0.3, 0.4) is 0 Å². The lowest BCUT2D eigenvalue weighted by molar-refractivity contribution is -0.139. The van der Waals surface area contributed by atoms with E-state index in [1.165, 1.54) is 40.4 Å². The van der Waals surface area contributed by atoms with E-state index in [-0.39, 0.29) is 67.1 Å². The molecule has 3 unspecified atom stereocenters. The number of aliphatic carboxylic acids is 2. The van der Waals surface area contributed by atoms with Crippen molar-refractivity contribution in [2.24, 2.45) is 11.8 Å². The van der Waals surface area contributed by atoms with Gasteiger partial charge in [0.2, 0.25) is 5.43 Å². The highest BCUT2D eigenvalue weighted by Gasteiger charge is 2.38. The summed E-state index contributed by atoms with van der Waals surface area (Å²) in [6, 6.07) is 0.351. The van der Waals surface area contributed by atoms with Crippen LogP contribution in [0.15, 0.2) is 27.3 Å². The van der Waals surface area contributed by atoms with Crippen LogP contribution in [0.4, 0.5) is 11.4 Å². The van der Waals surface area contributed by atoms with Crippen molar-refractivity contribution in [2.75, 3.05) is 32.0 Å². The number of carbonyl (C=O) groups is 3. The maximum atomic E-state index is 14.8. The second-order valence-corrected chi connectivity index (χ2v) is 14.0. The summed E-state index contributed by atoms with van der Waals surface area (Å²) in [6.07, 6.45) is 1.65. The third kappa shape index (κ3) is 5.01. The molecule has 0 aliphatic heterocycles. The van der Waals surface area contributed by atoms with E-state index in [1.54, 1.807) is 40.7 Å². The molecule has 0 saturated heterocycles. The summed E-state index contributed by atoms with van der Waals surface area (Å²) in [5, 5.41) is 40.1. The molecular weight excluding hydrogens is 672 g/mol. The molecule has 272 valence electrons. The van der Waals surface area contributed by atoms with Crippen LogP contribution < -0.4 is 35.7 Å². The summed E-state index contributed by atoms with van der Waals surface area (Å²) in [7, 11) is 4.07. The number of anilines is 2. The summed E-state index contributed by atoms with van der Waals surface area (Å²) in [6.45, 7) is 9.88. The van der Waals surface area contributed by atoms with Crippen molar-refractivity contribution in [3.63, 3.8) is 0 Å². The van der Waals surface area contributed by atoms with E-state index in [2.05, 4.69) is 10.6 Å². The van der Waals surface area contributed by atoms with Gasteiger partial charge in [0.1, 0.15) is 29.4 Å². The summed E-state index contributed by atoms with van der Waals surface area (Å²) < 4.78 is 17.6. The first-order valence-electron chi connectivity index (χ1n) is 16.8. The van der Waals surface area contributed by atoms with Crippen molar-refractivity contribution < 1.29 is 43.9 Å². The van der Waals surface area contributed by atoms with Gasteiger partial charge in [0.05, 0.1) is 49.4 Å². The smallest absolute Gasteiger partial charge is 0.326 e. The molecule has 1 aliphatic rings. The van der Waals surface area contributed by atoms with Crippen molar-refractivity contribution in [1.29, 1.82) is 0 Å². The van der Waals surface area contributed by atoms with Gasteiger partial charge in [0, 0.05) is 50.2 Å². The monoisotopic (exact) mass is 712 g/mol. The van der Waals surface area contributed by atoms with Gasteiger partial charge >= 0.3 is 11.9 Å². The molecule has 5 aromatic carbocycles. The fraction of sp³-hybridized carbons (Fsp3) is 0.359. The molecule has 0 heterocycles. The Morgan fingerprint density at radius 3 is 1.77 bits per heavy atom. The lowest BCUT2D eigenvalue weighted by Gasteiger charge is -2.27. The van der Waals surface area contributed by atoms with Crippen LogP contribution >= 0.6 is 0 Å². The number of rotatable bonds is 12. The molecule has 3 atom stereocenters. The number of phenolic OH excluding ortho intramolecular Hbond substituents is 1. The molecule has 0 spiro atoms. The SMILES string of the molecule is COc1c2c3c4c(c(NC(C(=O)O)C(C)C)c(O)c5c(=O)cc(OC)c(c6c(OC)cc(NC(C(=O)O)C(C)C)c(c1=O)c63)c54)C=C(C)C2C(C)=O. The molecule has 0 amide bonds. The fourth-order valence-corrected chi connectivity index (χ4v) is 7.89. The number of ether oxygens (including phenoxy) is 3. The number of hydrogen-bond donors (Lipinski definition) is 5. The number of phenols is 1. The molecule has 13 nitrogen and oxygen atoms in total. The number of allylic oxidation sites excluding steroid dienone is 1. The molecule has 5 aromatic rings. The summed E-state index contributed by atoms with van der Waals surface area (Å²) in [5.74, 6) is -5.06. The van der Waals surface area contributed by atoms with Gasteiger partial charge in [-0.1, -0.05) is 39.3 Å². The molecule has 1 aliphatic carbocycles. The number of nitrogens with one attached hydrogen (secondary N) is 2. The highest BCUT2D eigenvalue weighted by atomic mass is 16.5. The van der Waals surface area contributed by atoms with Crippen molar-refractivity contribution in [3.05, 3.63) is 49.3 Å². The second-order valence-electron chi connectivity index (χ2n) is 14.0. The first-order valence-corrected chi connectivity index (χ1v) is 16.8. The van der Waals surface area contributed by atoms with Crippen LogP contribution in [0.1, 0.15) is 58.6 Å². The molecule has 13 heteroatoms. The minimum Gasteiger partial charge on any atom is -0.505 e. The van der Waals surface area contributed by atoms with Crippen molar-refractivity contribution in [3.8, 4) is 23.0 Å². The van der Waals surface area contributed by atoms with E-state index >= 15 is 0 Å². The Morgan fingerprint density at radius 2 is 1.27 bits per heavy atom. The molecule has 52 heavy (non-hydrogen) atoms. The average Bonchev–Trinajstić information content (AvgIpc) is 3.20. The van der Waals surface area contributed by atoms with Crippen molar-refractivity contribution in [1.82, 2.24) is 0 Å². The largest absolute Gasteiger partial charge is 0.505 e. The molecule has 0 fully saturated rings. The lowest BCUT2D eigenvalue weighted by Crippen LogP contribution is -2.34. The highest BCUT2D eigenvalue weighted by Crippen LogP contribution is 2.57. The number of aromatic hydroxyl groups is 1. The number of benzene rings is 5. The summed E-state index contributed by atoms with van der Waals surface area (Å²) >= 11 is 0. The van der Waals surface area contributed by atoms with Gasteiger partial charge in [0.25, 0.3) is 0 Å². The maximum absolute atomic E-state index is 14.8. The van der Waals surface area contributed by atoms with Gasteiger partial charge in [-0.25, -0.2) is 9.59 Å². The Balaban J connectivity index is 2.06. The third-order valence-corrected chi connectivity index (χ3v) is 10.1. The number of Topliss-reactive ketones (excluding diaryl/α,β-unsaturated/α-hetero) is 1. The minimum absolute atomic E-state index is 0.0336. The predicted octanol–water partition coefficient (Wildman–Crippen LogP) is 5.76. The number of hydrogen-bond acceptors (Lipinski definition) is 11. The van der Waals surface area contributed by atoms with Crippen molar-refractivity contribution in [2.45, 2.75) is 59.5 Å². The Hall–Kier alpha value is -5.85. The van der Waals surface area contributed by atoms with Crippen LogP contribution in [0, 0.1) is 11.8 Å². The fourth-order valence-electron chi connectivity index (χ4n) is 7.89. The number of carboxylic acids is 2. The zero-order valence-corrected chi connectivity index (χ0v) is 30.2. The standard InChI is InChI=1S/C39H40N2O11/c1-13(2)32(38(46)47)40-18-11-20(50-7)26-27-21(51-8)12-19(43)25-28(27)23-17(34(35(25)44)41-33(14(3)4)39(48)49)10-15(5)22(16(6)42)31-29(23)30(26)24(18)36(45)37(31)52-9/h10-14,22,32-33,40-41,44H,1-9H3,(H,46,47)(H,48,49). The zero-order chi connectivity index (χ0) is 38.2.